The van der Waals surface area contributed by atoms with Gasteiger partial charge >= 0.3 is 0 Å². The molecule has 0 aliphatic rings. The summed E-state index contributed by atoms with van der Waals surface area (Å²) in [4.78, 5) is 10.4. The highest BCUT2D eigenvalue weighted by Crippen LogP contribution is 2.35. The molecule has 19 heavy (non-hydrogen) atoms. The van der Waals surface area contributed by atoms with E-state index in [0.717, 1.165) is 11.1 Å². The van der Waals surface area contributed by atoms with Crippen molar-refractivity contribution in [2.24, 2.45) is 0 Å². The van der Waals surface area contributed by atoms with Gasteiger partial charge in [0, 0.05) is 13.5 Å². The molecular weight excluding hydrogens is 258 g/mol. The van der Waals surface area contributed by atoms with Crippen LogP contribution in [0.15, 0.2) is 60.7 Å². The first kappa shape index (κ1) is 13.6. The third-order valence-electron chi connectivity index (χ3n) is 3.04. The minimum absolute atomic E-state index is 0.0862. The van der Waals surface area contributed by atoms with Gasteiger partial charge in [-0.3, -0.25) is 4.79 Å². The predicted molar refractivity (Wildman–Crippen MR) is 78.2 cm³/mol. The molecule has 0 saturated heterocycles. The predicted octanol–water partition coefficient (Wildman–Crippen LogP) is 3.31. The molecule has 98 valence electrons. The zero-order valence-electron chi connectivity index (χ0n) is 10.8. The number of hydrogen-bond acceptors (Lipinski definition) is 1. The molecule has 0 radical (unpaired) electrons. The van der Waals surface area contributed by atoms with Crippen molar-refractivity contribution in [3.05, 3.63) is 71.8 Å². The van der Waals surface area contributed by atoms with Gasteiger partial charge in [-0.2, -0.15) is 0 Å². The van der Waals surface area contributed by atoms with Crippen LogP contribution in [-0.2, 0) is 9.67 Å². The van der Waals surface area contributed by atoms with Crippen LogP contribution < -0.4 is 5.32 Å². The van der Waals surface area contributed by atoms with Crippen LogP contribution in [-0.4, -0.2) is 12.5 Å². The molecule has 0 unspecified atom stereocenters. The maximum Gasteiger partial charge on any atom is 0.216 e. The number of nitrogens with one attached hydrogen (secondary N) is 1. The van der Waals surface area contributed by atoms with E-state index in [9.17, 15) is 4.79 Å². The number of benzene rings is 2. The Morgan fingerprint density at radius 3 is 1.79 bits per heavy atom. The summed E-state index contributed by atoms with van der Waals surface area (Å²) in [5.41, 5.74) is 1.94. The Morgan fingerprint density at radius 2 is 1.42 bits per heavy atom. The maximum absolute atomic E-state index is 11.2. The molecule has 2 aromatic carbocycles. The molecular formula is C16H16ClNO. The second-order valence-corrected chi connectivity index (χ2v) is 5.09. The molecule has 0 spiro atoms. The normalized spacial score (nSPS) is 11.1. The second-order valence-electron chi connectivity index (χ2n) is 4.44. The first-order valence-corrected chi connectivity index (χ1v) is 6.55. The van der Waals surface area contributed by atoms with E-state index in [4.69, 9.17) is 11.6 Å². The standard InChI is InChI=1S/C16H16ClNO/c1-13(19)18-12-16(17,14-8-4-2-5-9-14)15-10-6-3-7-11-15/h2-11H,12H2,1H3,(H,18,19). The number of carbonyl (C=O) groups is 1. The Bertz CT molecular complexity index is 500. The van der Waals surface area contributed by atoms with Crippen molar-refractivity contribution in [3.63, 3.8) is 0 Å². The highest BCUT2D eigenvalue weighted by Gasteiger charge is 2.31. The lowest BCUT2D eigenvalue weighted by molar-refractivity contribution is -0.119. The van der Waals surface area contributed by atoms with Gasteiger partial charge < -0.3 is 5.32 Å². The fraction of sp³-hybridized carbons (Fsp3) is 0.188. The number of amides is 1. The van der Waals surface area contributed by atoms with Crippen LogP contribution in [0.2, 0.25) is 0 Å². The summed E-state index contributed by atoms with van der Waals surface area (Å²) in [7, 11) is 0. The van der Waals surface area contributed by atoms with Gasteiger partial charge in [0.2, 0.25) is 5.91 Å². The maximum atomic E-state index is 11.2. The van der Waals surface area contributed by atoms with Crippen LogP contribution in [0.3, 0.4) is 0 Å². The summed E-state index contributed by atoms with van der Waals surface area (Å²) >= 11 is 6.82. The molecule has 0 atom stereocenters. The van der Waals surface area contributed by atoms with Gasteiger partial charge in [-0.1, -0.05) is 60.7 Å². The van der Waals surface area contributed by atoms with Gasteiger partial charge in [-0.25, -0.2) is 0 Å². The van der Waals surface area contributed by atoms with E-state index in [1.807, 2.05) is 60.7 Å². The van der Waals surface area contributed by atoms with Crippen LogP contribution in [0.25, 0.3) is 0 Å². The zero-order chi connectivity index (χ0) is 13.7. The summed E-state index contributed by atoms with van der Waals surface area (Å²) in [6.07, 6.45) is 0. The topological polar surface area (TPSA) is 29.1 Å². The van der Waals surface area contributed by atoms with Crippen molar-refractivity contribution in [2.45, 2.75) is 11.8 Å². The van der Waals surface area contributed by atoms with Gasteiger partial charge in [-0.05, 0) is 11.1 Å². The highest BCUT2D eigenvalue weighted by atomic mass is 35.5. The van der Waals surface area contributed by atoms with E-state index in [-0.39, 0.29) is 5.91 Å². The SMILES string of the molecule is CC(=O)NCC(Cl)(c1ccccc1)c1ccccc1. The Kier molecular flexibility index (Phi) is 4.23. The first-order chi connectivity index (χ1) is 9.13. The van der Waals surface area contributed by atoms with Crippen LogP contribution in [0.4, 0.5) is 0 Å². The van der Waals surface area contributed by atoms with E-state index < -0.39 is 4.87 Å². The summed E-state index contributed by atoms with van der Waals surface area (Å²) in [6.45, 7) is 1.85. The van der Waals surface area contributed by atoms with Crippen molar-refractivity contribution in [3.8, 4) is 0 Å². The molecule has 0 aromatic heterocycles. The van der Waals surface area contributed by atoms with Crippen molar-refractivity contribution < 1.29 is 4.79 Å². The zero-order valence-corrected chi connectivity index (χ0v) is 11.5. The summed E-state index contributed by atoms with van der Waals surface area (Å²) in [6, 6.07) is 19.6. The highest BCUT2D eigenvalue weighted by molar-refractivity contribution is 6.26. The summed E-state index contributed by atoms with van der Waals surface area (Å²) in [5.74, 6) is -0.0862. The molecule has 1 N–H and O–H groups in total. The summed E-state index contributed by atoms with van der Waals surface area (Å²) in [5, 5.41) is 2.81. The molecule has 1 amide bonds. The Labute approximate surface area is 118 Å². The van der Waals surface area contributed by atoms with Crippen LogP contribution in [0.5, 0.6) is 0 Å². The largest absolute Gasteiger partial charge is 0.354 e. The molecule has 2 aromatic rings. The second kappa shape index (κ2) is 5.89. The fourth-order valence-corrected chi connectivity index (χ4v) is 2.34. The number of halogens is 1. The third-order valence-corrected chi connectivity index (χ3v) is 3.61. The minimum Gasteiger partial charge on any atom is -0.354 e. The number of hydrogen-bond donors (Lipinski definition) is 1. The van der Waals surface area contributed by atoms with Crippen molar-refractivity contribution in [2.75, 3.05) is 6.54 Å². The van der Waals surface area contributed by atoms with Crippen LogP contribution in [0, 0.1) is 0 Å². The Balaban J connectivity index is 2.41. The lowest BCUT2D eigenvalue weighted by Crippen LogP contribution is -2.36. The molecule has 0 aliphatic carbocycles. The van der Waals surface area contributed by atoms with Crippen LogP contribution >= 0.6 is 11.6 Å². The number of rotatable bonds is 4. The van der Waals surface area contributed by atoms with Gasteiger partial charge in [0.25, 0.3) is 0 Å². The quantitative estimate of drug-likeness (QED) is 0.851. The van der Waals surface area contributed by atoms with Gasteiger partial charge in [0.05, 0.1) is 0 Å². The Morgan fingerprint density at radius 1 is 1.00 bits per heavy atom. The minimum atomic E-state index is -0.742. The van der Waals surface area contributed by atoms with E-state index >= 15 is 0 Å². The number of carbonyl (C=O) groups excluding carboxylic acids is 1. The van der Waals surface area contributed by atoms with Crippen molar-refractivity contribution in [1.82, 2.24) is 5.32 Å². The van der Waals surface area contributed by atoms with Gasteiger partial charge in [0.1, 0.15) is 4.87 Å². The van der Waals surface area contributed by atoms with E-state index in [1.165, 1.54) is 6.92 Å². The third kappa shape index (κ3) is 3.15. The summed E-state index contributed by atoms with van der Waals surface area (Å²) < 4.78 is 0. The van der Waals surface area contributed by atoms with Crippen LogP contribution in [0.1, 0.15) is 18.1 Å². The molecule has 0 aliphatic heterocycles. The fourth-order valence-electron chi connectivity index (χ4n) is 2.02. The molecule has 0 heterocycles. The lowest BCUT2D eigenvalue weighted by Gasteiger charge is -2.28. The molecule has 2 rings (SSSR count). The Hall–Kier alpha value is -1.80. The van der Waals surface area contributed by atoms with Crippen molar-refractivity contribution in [1.29, 1.82) is 0 Å². The molecule has 2 nitrogen and oxygen atoms in total. The van der Waals surface area contributed by atoms with Gasteiger partial charge in [-0.15, -0.1) is 11.6 Å². The van der Waals surface area contributed by atoms with E-state index in [2.05, 4.69) is 5.32 Å². The van der Waals surface area contributed by atoms with E-state index in [1.54, 1.807) is 0 Å². The van der Waals surface area contributed by atoms with Crippen molar-refractivity contribution >= 4 is 17.5 Å². The molecule has 0 saturated carbocycles. The molecule has 3 heteroatoms. The van der Waals surface area contributed by atoms with E-state index in [0.29, 0.717) is 6.54 Å². The monoisotopic (exact) mass is 273 g/mol. The average Bonchev–Trinajstić information content (AvgIpc) is 2.46. The number of alkyl halides is 1. The smallest absolute Gasteiger partial charge is 0.216 e. The first-order valence-electron chi connectivity index (χ1n) is 6.17. The lowest BCUT2D eigenvalue weighted by atomic mass is 9.90. The average molecular weight is 274 g/mol. The van der Waals surface area contributed by atoms with Gasteiger partial charge in [0.15, 0.2) is 0 Å². The molecule has 0 fully saturated rings. The molecule has 0 bridgehead atoms.